The Morgan fingerprint density at radius 1 is 1.08 bits per heavy atom. The zero-order chi connectivity index (χ0) is 29.0. The molecule has 39 heavy (non-hydrogen) atoms. The van der Waals surface area contributed by atoms with Crippen molar-refractivity contribution >= 4 is 24.0 Å². The number of carbonyl (C=O) groups is 3. The molecule has 1 fully saturated rings. The van der Waals surface area contributed by atoms with Gasteiger partial charge >= 0.3 is 6.09 Å². The molecule has 0 heterocycles. The highest BCUT2D eigenvalue weighted by atomic mass is 16.6. The van der Waals surface area contributed by atoms with Crippen molar-refractivity contribution in [2.75, 3.05) is 0 Å². The van der Waals surface area contributed by atoms with E-state index in [1.54, 1.807) is 43.9 Å². The zero-order valence-corrected chi connectivity index (χ0v) is 23.8. The van der Waals surface area contributed by atoms with Crippen LogP contribution in [0.4, 0.5) is 4.79 Å². The predicted molar refractivity (Wildman–Crippen MR) is 152 cm³/mol. The summed E-state index contributed by atoms with van der Waals surface area (Å²) in [7, 11) is 0. The fourth-order valence-electron chi connectivity index (χ4n) is 4.30. The van der Waals surface area contributed by atoms with Crippen molar-refractivity contribution in [3.8, 4) is 5.75 Å². The first kappa shape index (κ1) is 29.7. The maximum absolute atomic E-state index is 14.3. The topological polar surface area (TPSA) is 108 Å². The van der Waals surface area contributed by atoms with Gasteiger partial charge in [0, 0.05) is 18.0 Å². The van der Waals surface area contributed by atoms with E-state index in [0.29, 0.717) is 5.56 Å². The van der Waals surface area contributed by atoms with E-state index in [2.05, 4.69) is 17.2 Å². The Morgan fingerprint density at radius 3 is 2.26 bits per heavy atom. The Labute approximate surface area is 231 Å². The van der Waals surface area contributed by atoms with E-state index in [4.69, 9.17) is 4.74 Å². The van der Waals surface area contributed by atoms with Gasteiger partial charge in [0.15, 0.2) is 0 Å². The molecule has 210 valence electrons. The highest BCUT2D eigenvalue weighted by Crippen LogP contribution is 2.36. The smallest absolute Gasteiger partial charge is 0.408 e. The van der Waals surface area contributed by atoms with Gasteiger partial charge in [0.25, 0.3) is 0 Å². The number of aromatic hydroxyl groups is 1. The maximum Gasteiger partial charge on any atom is 0.408 e. The molecule has 0 bridgehead atoms. The van der Waals surface area contributed by atoms with Gasteiger partial charge in [0.1, 0.15) is 23.4 Å². The molecule has 2 atom stereocenters. The second kappa shape index (κ2) is 11.9. The third-order valence-corrected chi connectivity index (χ3v) is 6.05. The summed E-state index contributed by atoms with van der Waals surface area (Å²) >= 11 is 0. The molecule has 8 heteroatoms. The first-order valence-electron chi connectivity index (χ1n) is 13.3. The highest BCUT2D eigenvalue weighted by molar-refractivity contribution is 5.93. The van der Waals surface area contributed by atoms with Crippen molar-refractivity contribution in [1.82, 2.24) is 15.5 Å². The highest BCUT2D eigenvalue weighted by Gasteiger charge is 2.44. The van der Waals surface area contributed by atoms with Crippen LogP contribution in [0.5, 0.6) is 5.75 Å². The summed E-state index contributed by atoms with van der Waals surface area (Å²) in [4.78, 5) is 42.6. The van der Waals surface area contributed by atoms with Crippen molar-refractivity contribution in [2.45, 2.75) is 90.1 Å². The van der Waals surface area contributed by atoms with Gasteiger partial charge in [-0.25, -0.2) is 4.79 Å². The molecule has 3 amide bonds. The molecule has 1 saturated carbocycles. The summed E-state index contributed by atoms with van der Waals surface area (Å²) in [5, 5.41) is 15.5. The van der Waals surface area contributed by atoms with Gasteiger partial charge in [-0.05, 0) is 89.3 Å². The zero-order valence-electron chi connectivity index (χ0n) is 23.8. The molecule has 1 aliphatic rings. The van der Waals surface area contributed by atoms with Gasteiger partial charge in [0.05, 0.1) is 0 Å². The van der Waals surface area contributed by atoms with Crippen LogP contribution in [0, 0.1) is 0 Å². The SMILES string of the molecule is C=Cc1cccc(C(C(=O)NC(C)(C)C)N(C(=O)C(Cc2ccc(O)cc2)NC(=O)OC(C)(C)C)C2CC2)c1. The summed E-state index contributed by atoms with van der Waals surface area (Å²) in [6.45, 7) is 14.8. The minimum atomic E-state index is -1.00. The van der Waals surface area contributed by atoms with Crippen molar-refractivity contribution in [1.29, 1.82) is 0 Å². The Kier molecular flexibility index (Phi) is 9.10. The lowest BCUT2D eigenvalue weighted by molar-refractivity contribution is -0.143. The van der Waals surface area contributed by atoms with Gasteiger partial charge in [-0.3, -0.25) is 9.59 Å². The molecular weight excluding hydrogens is 494 g/mol. The maximum atomic E-state index is 14.3. The number of nitrogens with zero attached hydrogens (tertiary/aromatic N) is 1. The summed E-state index contributed by atoms with van der Waals surface area (Å²) in [6, 6.07) is 11.8. The van der Waals surface area contributed by atoms with E-state index >= 15 is 0 Å². The number of benzene rings is 2. The molecule has 2 aromatic rings. The Morgan fingerprint density at radius 2 is 1.72 bits per heavy atom. The van der Waals surface area contributed by atoms with E-state index in [9.17, 15) is 19.5 Å². The van der Waals surface area contributed by atoms with Crippen LogP contribution in [-0.4, -0.2) is 51.1 Å². The number of carbonyl (C=O) groups excluding carboxylic acids is 3. The first-order chi connectivity index (χ1) is 18.2. The van der Waals surface area contributed by atoms with E-state index in [-0.39, 0.29) is 30.0 Å². The van der Waals surface area contributed by atoms with E-state index in [1.807, 2.05) is 45.0 Å². The Balaban J connectivity index is 2.04. The summed E-state index contributed by atoms with van der Waals surface area (Å²) in [6.07, 6.45) is 2.64. The summed E-state index contributed by atoms with van der Waals surface area (Å²) < 4.78 is 5.47. The predicted octanol–water partition coefficient (Wildman–Crippen LogP) is 5.12. The van der Waals surface area contributed by atoms with Gasteiger partial charge in [0.2, 0.25) is 11.8 Å². The molecule has 3 N–H and O–H groups in total. The molecule has 0 spiro atoms. The van der Waals surface area contributed by atoms with Gasteiger partial charge in [-0.15, -0.1) is 0 Å². The number of hydrogen-bond donors (Lipinski definition) is 3. The molecule has 2 unspecified atom stereocenters. The van der Waals surface area contributed by atoms with Gasteiger partial charge < -0.3 is 25.4 Å². The van der Waals surface area contributed by atoms with Crippen LogP contribution in [-0.2, 0) is 20.7 Å². The molecule has 0 aromatic heterocycles. The van der Waals surface area contributed by atoms with Gasteiger partial charge in [-0.2, -0.15) is 0 Å². The minimum Gasteiger partial charge on any atom is -0.508 e. The van der Waals surface area contributed by atoms with Crippen LogP contribution >= 0.6 is 0 Å². The normalized spacial score (nSPS) is 15.0. The average Bonchev–Trinajstić information content (AvgIpc) is 3.65. The Bertz CT molecular complexity index is 1190. The van der Waals surface area contributed by atoms with Crippen LogP contribution in [0.15, 0.2) is 55.1 Å². The number of phenols is 1. The molecule has 2 aromatic carbocycles. The molecule has 0 aliphatic heterocycles. The molecule has 0 radical (unpaired) electrons. The standard InChI is InChI=1S/C31H41N3O5/c1-8-20-10-9-11-22(18-20)26(27(36)33-30(2,3)4)34(23-14-15-23)28(37)25(32-29(38)39-31(5,6)7)19-21-12-16-24(35)17-13-21/h8-13,16-18,23,25-26,35H,1,14-15,19H2,2-7H3,(H,32,38)(H,33,36). The summed E-state index contributed by atoms with van der Waals surface area (Å²) in [5.41, 5.74) is 0.949. The monoisotopic (exact) mass is 535 g/mol. The number of ether oxygens (including phenoxy) is 1. The Hall–Kier alpha value is -3.81. The van der Waals surface area contributed by atoms with E-state index < -0.39 is 29.3 Å². The van der Waals surface area contributed by atoms with Crippen molar-refractivity contribution in [3.63, 3.8) is 0 Å². The quantitative estimate of drug-likeness (QED) is 0.413. The fourth-order valence-corrected chi connectivity index (χ4v) is 4.30. The van der Waals surface area contributed by atoms with E-state index in [0.717, 1.165) is 24.0 Å². The van der Waals surface area contributed by atoms with Crippen molar-refractivity contribution in [3.05, 3.63) is 71.8 Å². The lowest BCUT2D eigenvalue weighted by atomic mass is 9.97. The largest absolute Gasteiger partial charge is 0.508 e. The number of hydrogen-bond acceptors (Lipinski definition) is 5. The van der Waals surface area contributed by atoms with Gasteiger partial charge in [-0.1, -0.05) is 43.0 Å². The van der Waals surface area contributed by atoms with Crippen LogP contribution in [0.25, 0.3) is 6.08 Å². The summed E-state index contributed by atoms with van der Waals surface area (Å²) in [5.74, 6) is -0.582. The van der Waals surface area contributed by atoms with Crippen LogP contribution in [0.1, 0.15) is 77.1 Å². The van der Waals surface area contributed by atoms with Crippen LogP contribution < -0.4 is 10.6 Å². The molecular formula is C31H41N3O5. The number of phenolic OH excluding ortho intramolecular Hbond substituents is 1. The fraction of sp³-hybridized carbons (Fsp3) is 0.452. The number of nitrogens with one attached hydrogen (secondary N) is 2. The average molecular weight is 536 g/mol. The molecule has 8 nitrogen and oxygen atoms in total. The minimum absolute atomic E-state index is 0.0994. The third-order valence-electron chi connectivity index (χ3n) is 6.05. The third kappa shape index (κ3) is 8.87. The molecule has 3 rings (SSSR count). The first-order valence-corrected chi connectivity index (χ1v) is 13.3. The number of rotatable bonds is 9. The van der Waals surface area contributed by atoms with Crippen molar-refractivity contribution in [2.24, 2.45) is 0 Å². The van der Waals surface area contributed by atoms with Crippen LogP contribution in [0.3, 0.4) is 0 Å². The number of amides is 3. The number of alkyl carbamates (subject to hydrolysis) is 1. The lowest BCUT2D eigenvalue weighted by Gasteiger charge is -2.36. The lowest BCUT2D eigenvalue weighted by Crippen LogP contribution is -2.55. The van der Waals surface area contributed by atoms with E-state index in [1.165, 1.54) is 12.1 Å². The van der Waals surface area contributed by atoms with Crippen LogP contribution in [0.2, 0.25) is 0 Å². The second-order valence-corrected chi connectivity index (χ2v) is 12.1. The molecule has 1 aliphatic carbocycles. The van der Waals surface area contributed by atoms with Crippen molar-refractivity contribution < 1.29 is 24.2 Å². The molecule has 0 saturated heterocycles. The second-order valence-electron chi connectivity index (χ2n) is 12.1.